The van der Waals surface area contributed by atoms with Crippen LogP contribution in [0.2, 0.25) is 10.0 Å². The molecule has 0 fully saturated rings. The van der Waals surface area contributed by atoms with E-state index < -0.39 is 0 Å². The molecule has 2 aromatic rings. The number of aromatic nitrogens is 1. The van der Waals surface area contributed by atoms with Crippen LogP contribution >= 0.6 is 50.5 Å². The average molecular weight is 352 g/mol. The van der Waals surface area contributed by atoms with Gasteiger partial charge in [0.2, 0.25) is 0 Å². The molecular formula is C10H5BrCl2N2OS. The predicted molar refractivity (Wildman–Crippen MR) is 74.2 cm³/mol. The van der Waals surface area contributed by atoms with Crippen LogP contribution in [0, 0.1) is 0 Å². The molecule has 1 aromatic carbocycles. The molecule has 1 aromatic heterocycles. The smallest absolute Gasteiger partial charge is 0.257 e. The molecule has 0 saturated carbocycles. The number of hydrogen-bond donors (Lipinski definition) is 1. The number of nitrogens with zero attached hydrogens (tertiary/aromatic N) is 1. The molecule has 3 nitrogen and oxygen atoms in total. The molecule has 0 bridgehead atoms. The summed E-state index contributed by atoms with van der Waals surface area (Å²) in [7, 11) is 0. The summed E-state index contributed by atoms with van der Waals surface area (Å²) < 4.78 is 0.849. The molecule has 0 aliphatic rings. The molecule has 0 aliphatic heterocycles. The van der Waals surface area contributed by atoms with Crippen LogP contribution in [0.4, 0.5) is 5.13 Å². The summed E-state index contributed by atoms with van der Waals surface area (Å²) >= 11 is 16.2. The van der Waals surface area contributed by atoms with Gasteiger partial charge in [0.25, 0.3) is 5.91 Å². The summed E-state index contributed by atoms with van der Waals surface area (Å²) in [5.41, 5.74) is 0.436. The number of amides is 1. The van der Waals surface area contributed by atoms with Crippen molar-refractivity contribution in [2.45, 2.75) is 0 Å². The van der Waals surface area contributed by atoms with E-state index in [1.807, 2.05) is 0 Å². The zero-order valence-corrected chi connectivity index (χ0v) is 12.1. The van der Waals surface area contributed by atoms with Crippen LogP contribution in [0.1, 0.15) is 10.4 Å². The van der Waals surface area contributed by atoms with Gasteiger partial charge in [-0.3, -0.25) is 10.1 Å². The second-order valence-electron chi connectivity index (χ2n) is 3.05. The number of hydrogen-bond acceptors (Lipinski definition) is 3. The Kier molecular flexibility index (Phi) is 4.04. The fourth-order valence-corrected chi connectivity index (χ4v) is 2.52. The summed E-state index contributed by atoms with van der Waals surface area (Å²) in [4.78, 5) is 15.8. The van der Waals surface area contributed by atoms with Crippen LogP contribution in [0.15, 0.2) is 28.2 Å². The SMILES string of the molecule is O=C(Nc1ncc(Br)s1)c1ccc(Cl)c(Cl)c1. The quantitative estimate of drug-likeness (QED) is 0.867. The molecule has 0 radical (unpaired) electrons. The molecule has 17 heavy (non-hydrogen) atoms. The Hall–Kier alpha value is -0.620. The number of halogens is 3. The van der Waals surface area contributed by atoms with Crippen molar-refractivity contribution in [1.82, 2.24) is 4.98 Å². The van der Waals surface area contributed by atoms with Gasteiger partial charge in [0.1, 0.15) is 0 Å². The summed E-state index contributed by atoms with van der Waals surface area (Å²) in [6, 6.07) is 4.70. The van der Waals surface area contributed by atoms with E-state index in [1.54, 1.807) is 18.3 Å². The Labute approximate surface area is 120 Å². The fraction of sp³-hybridized carbons (Fsp3) is 0. The largest absolute Gasteiger partial charge is 0.298 e. The topological polar surface area (TPSA) is 42.0 Å². The number of anilines is 1. The van der Waals surface area contributed by atoms with Crippen molar-refractivity contribution >= 4 is 61.5 Å². The van der Waals surface area contributed by atoms with Crippen LogP contribution in [-0.2, 0) is 0 Å². The standard InChI is InChI=1S/C10H5BrCl2N2OS/c11-8-4-14-10(17-8)15-9(16)5-1-2-6(12)7(13)3-5/h1-4H,(H,14,15,16). The van der Waals surface area contributed by atoms with Crippen molar-refractivity contribution in [3.05, 3.63) is 43.8 Å². The first kappa shape index (κ1) is 12.8. The maximum absolute atomic E-state index is 11.8. The lowest BCUT2D eigenvalue weighted by Crippen LogP contribution is -2.11. The van der Waals surface area contributed by atoms with Gasteiger partial charge in [-0.2, -0.15) is 0 Å². The molecule has 2 rings (SSSR count). The van der Waals surface area contributed by atoms with Crippen molar-refractivity contribution < 1.29 is 4.79 Å². The molecular weight excluding hydrogens is 347 g/mol. The first-order chi connectivity index (χ1) is 8.06. The fourth-order valence-electron chi connectivity index (χ4n) is 1.12. The van der Waals surface area contributed by atoms with Crippen molar-refractivity contribution in [3.8, 4) is 0 Å². The Morgan fingerprint density at radius 3 is 2.71 bits per heavy atom. The van der Waals surface area contributed by atoms with Crippen LogP contribution in [0.3, 0.4) is 0 Å². The first-order valence-electron chi connectivity index (χ1n) is 4.44. The number of benzene rings is 1. The molecule has 0 aliphatic carbocycles. The first-order valence-corrected chi connectivity index (χ1v) is 6.80. The van der Waals surface area contributed by atoms with Crippen LogP contribution in [0.5, 0.6) is 0 Å². The van der Waals surface area contributed by atoms with Gasteiger partial charge in [0.15, 0.2) is 5.13 Å². The summed E-state index contributed by atoms with van der Waals surface area (Å²) in [5.74, 6) is -0.273. The van der Waals surface area contributed by atoms with Gasteiger partial charge in [-0.05, 0) is 34.1 Å². The van der Waals surface area contributed by atoms with Gasteiger partial charge in [-0.1, -0.05) is 34.5 Å². The molecule has 1 N–H and O–H groups in total. The minimum absolute atomic E-state index is 0.273. The predicted octanol–water partition coefficient (Wildman–Crippen LogP) is 4.46. The monoisotopic (exact) mass is 350 g/mol. The summed E-state index contributed by atoms with van der Waals surface area (Å²) in [6.45, 7) is 0. The van der Waals surface area contributed by atoms with E-state index in [4.69, 9.17) is 23.2 Å². The zero-order valence-electron chi connectivity index (χ0n) is 8.21. The van der Waals surface area contributed by atoms with Gasteiger partial charge in [0, 0.05) is 5.56 Å². The number of nitrogens with one attached hydrogen (secondary N) is 1. The Bertz CT molecular complexity index is 573. The average Bonchev–Trinajstić information content (AvgIpc) is 2.68. The Morgan fingerprint density at radius 2 is 2.12 bits per heavy atom. The number of rotatable bonds is 2. The second kappa shape index (κ2) is 5.35. The third kappa shape index (κ3) is 3.19. The molecule has 7 heteroatoms. The van der Waals surface area contributed by atoms with E-state index in [-0.39, 0.29) is 5.91 Å². The molecule has 0 atom stereocenters. The number of thiazole rings is 1. The lowest BCUT2D eigenvalue weighted by atomic mass is 10.2. The maximum Gasteiger partial charge on any atom is 0.257 e. The van der Waals surface area contributed by atoms with E-state index in [1.165, 1.54) is 17.4 Å². The Balaban J connectivity index is 2.17. The molecule has 1 heterocycles. The molecule has 1 amide bonds. The number of carbonyl (C=O) groups is 1. The lowest BCUT2D eigenvalue weighted by molar-refractivity contribution is 0.102. The summed E-state index contributed by atoms with van der Waals surface area (Å²) in [6.07, 6.45) is 1.62. The number of carbonyl (C=O) groups excluding carboxylic acids is 1. The van der Waals surface area contributed by atoms with Gasteiger partial charge in [-0.15, -0.1) is 0 Å². The van der Waals surface area contributed by atoms with E-state index in [0.29, 0.717) is 20.7 Å². The van der Waals surface area contributed by atoms with Gasteiger partial charge in [0.05, 0.1) is 20.0 Å². The van der Waals surface area contributed by atoms with E-state index in [0.717, 1.165) is 3.79 Å². The molecule has 0 saturated heterocycles. The van der Waals surface area contributed by atoms with Crippen LogP contribution in [0.25, 0.3) is 0 Å². The summed E-state index contributed by atoms with van der Waals surface area (Å²) in [5, 5.41) is 3.95. The van der Waals surface area contributed by atoms with Crippen LogP contribution in [-0.4, -0.2) is 10.9 Å². The molecule has 0 spiro atoms. The van der Waals surface area contributed by atoms with Crippen molar-refractivity contribution in [3.63, 3.8) is 0 Å². The van der Waals surface area contributed by atoms with Crippen LogP contribution < -0.4 is 5.32 Å². The minimum Gasteiger partial charge on any atom is -0.298 e. The minimum atomic E-state index is -0.273. The van der Waals surface area contributed by atoms with E-state index >= 15 is 0 Å². The van der Waals surface area contributed by atoms with E-state index in [2.05, 4.69) is 26.2 Å². The third-order valence-corrected chi connectivity index (χ3v) is 4.01. The highest BCUT2D eigenvalue weighted by molar-refractivity contribution is 9.11. The van der Waals surface area contributed by atoms with Crippen molar-refractivity contribution in [1.29, 1.82) is 0 Å². The lowest BCUT2D eigenvalue weighted by Gasteiger charge is -2.02. The highest BCUT2D eigenvalue weighted by atomic mass is 79.9. The van der Waals surface area contributed by atoms with E-state index in [9.17, 15) is 4.79 Å². The normalized spacial score (nSPS) is 10.3. The van der Waals surface area contributed by atoms with Crippen molar-refractivity contribution in [2.24, 2.45) is 0 Å². The third-order valence-electron chi connectivity index (χ3n) is 1.88. The van der Waals surface area contributed by atoms with Gasteiger partial charge in [-0.25, -0.2) is 4.98 Å². The van der Waals surface area contributed by atoms with Gasteiger partial charge < -0.3 is 0 Å². The molecule has 88 valence electrons. The highest BCUT2D eigenvalue weighted by Gasteiger charge is 2.10. The molecule has 0 unspecified atom stereocenters. The zero-order chi connectivity index (χ0) is 12.4. The highest BCUT2D eigenvalue weighted by Crippen LogP contribution is 2.25. The van der Waals surface area contributed by atoms with Crippen molar-refractivity contribution in [2.75, 3.05) is 5.32 Å². The Morgan fingerprint density at radius 1 is 1.35 bits per heavy atom. The maximum atomic E-state index is 11.8. The second-order valence-corrected chi connectivity index (χ2v) is 6.28. The van der Waals surface area contributed by atoms with Gasteiger partial charge >= 0.3 is 0 Å².